The Bertz CT molecular complexity index is 1030. The standard InChI is InChI=1S/C21H24N4O3/c1-4-14-12-25-13-16(18(27-5-2)11-19(25)22-14)23-21(26)15-7-6-8-17-20(15)28-10-9-24(17)3/h6-8,11-13H,4-5,9-10H2,1-3H3,(H,23,26). The van der Waals surface area contributed by atoms with Crippen molar-refractivity contribution in [2.45, 2.75) is 20.3 Å². The lowest BCUT2D eigenvalue weighted by molar-refractivity contribution is 0.102. The Morgan fingerprint density at radius 1 is 1.32 bits per heavy atom. The monoisotopic (exact) mass is 380 g/mol. The first kappa shape index (κ1) is 18.2. The lowest BCUT2D eigenvalue weighted by Crippen LogP contribution is -2.30. The summed E-state index contributed by atoms with van der Waals surface area (Å²) in [4.78, 5) is 19.7. The van der Waals surface area contributed by atoms with E-state index in [9.17, 15) is 4.79 Å². The molecule has 1 N–H and O–H groups in total. The SMILES string of the molecule is CCOc1cc2nc(CC)cn2cc1NC(=O)c1cccc2c1OCCN2C. The van der Waals surface area contributed by atoms with Crippen LogP contribution in [0.15, 0.2) is 36.7 Å². The number of carbonyl (C=O) groups excluding carboxylic acids is 1. The van der Waals surface area contributed by atoms with E-state index in [1.165, 1.54) is 0 Å². The lowest BCUT2D eigenvalue weighted by Gasteiger charge is -2.28. The number of aryl methyl sites for hydroxylation is 1. The number of imidazole rings is 1. The van der Waals surface area contributed by atoms with Gasteiger partial charge in [0.2, 0.25) is 0 Å². The van der Waals surface area contributed by atoms with Gasteiger partial charge in [-0.25, -0.2) is 4.98 Å². The van der Waals surface area contributed by atoms with Crippen molar-refractivity contribution in [3.05, 3.63) is 47.9 Å². The summed E-state index contributed by atoms with van der Waals surface area (Å²) in [5, 5.41) is 2.98. The highest BCUT2D eigenvalue weighted by Gasteiger charge is 2.23. The lowest BCUT2D eigenvalue weighted by atomic mass is 10.1. The van der Waals surface area contributed by atoms with Crippen molar-refractivity contribution in [2.75, 3.05) is 37.0 Å². The third-order valence-corrected chi connectivity index (χ3v) is 4.84. The number of hydrogen-bond donors (Lipinski definition) is 1. The highest BCUT2D eigenvalue weighted by molar-refractivity contribution is 6.08. The minimum absolute atomic E-state index is 0.233. The quantitative estimate of drug-likeness (QED) is 0.735. The molecular weight excluding hydrogens is 356 g/mol. The number of carbonyl (C=O) groups is 1. The fourth-order valence-electron chi connectivity index (χ4n) is 3.36. The van der Waals surface area contributed by atoms with E-state index in [-0.39, 0.29) is 5.91 Å². The van der Waals surface area contributed by atoms with Gasteiger partial charge in [-0.3, -0.25) is 4.79 Å². The van der Waals surface area contributed by atoms with Crippen molar-refractivity contribution in [3.63, 3.8) is 0 Å². The zero-order chi connectivity index (χ0) is 19.7. The van der Waals surface area contributed by atoms with Crippen LogP contribution < -0.4 is 19.7 Å². The predicted octanol–water partition coefficient (Wildman–Crippen LogP) is 3.38. The first-order valence-corrected chi connectivity index (χ1v) is 9.53. The number of nitrogens with zero attached hydrogens (tertiary/aromatic N) is 3. The summed E-state index contributed by atoms with van der Waals surface area (Å²) in [7, 11) is 1.99. The molecule has 0 radical (unpaired) electrons. The Morgan fingerprint density at radius 3 is 2.96 bits per heavy atom. The van der Waals surface area contributed by atoms with Crippen LogP contribution in [0.1, 0.15) is 29.9 Å². The van der Waals surface area contributed by atoms with Crippen LogP contribution in [0.2, 0.25) is 0 Å². The molecule has 3 heterocycles. The molecule has 146 valence electrons. The Hall–Kier alpha value is -3.22. The van der Waals surface area contributed by atoms with E-state index in [0.717, 1.165) is 30.0 Å². The van der Waals surface area contributed by atoms with Crippen LogP contribution in [0.3, 0.4) is 0 Å². The second-order valence-corrected chi connectivity index (χ2v) is 6.71. The van der Waals surface area contributed by atoms with Gasteiger partial charge in [0.15, 0.2) is 5.75 Å². The fraction of sp³-hybridized carbons (Fsp3) is 0.333. The topological polar surface area (TPSA) is 68.1 Å². The van der Waals surface area contributed by atoms with Crippen LogP contribution in [0.5, 0.6) is 11.5 Å². The second kappa shape index (κ2) is 7.42. The van der Waals surface area contributed by atoms with E-state index in [1.54, 1.807) is 6.07 Å². The Kier molecular flexibility index (Phi) is 4.81. The molecule has 1 aliphatic rings. The smallest absolute Gasteiger partial charge is 0.259 e. The van der Waals surface area contributed by atoms with Gasteiger partial charge in [0.1, 0.15) is 23.7 Å². The number of amides is 1. The molecule has 0 unspecified atom stereocenters. The average molecular weight is 380 g/mol. The molecule has 28 heavy (non-hydrogen) atoms. The minimum atomic E-state index is -0.233. The molecule has 0 saturated heterocycles. The molecule has 2 aromatic heterocycles. The van der Waals surface area contributed by atoms with Gasteiger partial charge in [-0.2, -0.15) is 0 Å². The van der Waals surface area contributed by atoms with Gasteiger partial charge in [-0.1, -0.05) is 13.0 Å². The Morgan fingerprint density at radius 2 is 2.18 bits per heavy atom. The van der Waals surface area contributed by atoms with Crippen LogP contribution in [-0.2, 0) is 6.42 Å². The van der Waals surface area contributed by atoms with Gasteiger partial charge in [0.05, 0.1) is 30.1 Å². The molecule has 0 bridgehead atoms. The number of pyridine rings is 1. The van der Waals surface area contributed by atoms with Crippen LogP contribution >= 0.6 is 0 Å². The van der Waals surface area contributed by atoms with E-state index in [1.807, 2.05) is 49.0 Å². The first-order valence-electron chi connectivity index (χ1n) is 9.53. The zero-order valence-electron chi connectivity index (χ0n) is 16.4. The first-order chi connectivity index (χ1) is 13.6. The molecule has 0 saturated carbocycles. The number of nitrogens with one attached hydrogen (secondary N) is 1. The molecule has 0 spiro atoms. The van der Waals surface area contributed by atoms with Gasteiger partial charge in [0.25, 0.3) is 5.91 Å². The van der Waals surface area contributed by atoms with Crippen LogP contribution in [0, 0.1) is 0 Å². The van der Waals surface area contributed by atoms with Gasteiger partial charge in [0, 0.05) is 25.5 Å². The maximum absolute atomic E-state index is 13.1. The molecule has 1 aromatic carbocycles. The average Bonchev–Trinajstić information content (AvgIpc) is 3.10. The molecule has 1 aliphatic heterocycles. The number of fused-ring (bicyclic) bond motifs is 2. The number of aromatic nitrogens is 2. The largest absolute Gasteiger partial charge is 0.491 e. The Balaban J connectivity index is 1.70. The van der Waals surface area contributed by atoms with Crippen molar-refractivity contribution in [3.8, 4) is 11.5 Å². The van der Waals surface area contributed by atoms with Gasteiger partial charge < -0.3 is 24.1 Å². The minimum Gasteiger partial charge on any atom is -0.491 e. The summed E-state index contributed by atoms with van der Waals surface area (Å²) in [6.07, 6.45) is 4.64. The van der Waals surface area contributed by atoms with E-state index in [2.05, 4.69) is 22.1 Å². The van der Waals surface area contributed by atoms with Crippen molar-refractivity contribution >= 4 is 22.9 Å². The van der Waals surface area contributed by atoms with Gasteiger partial charge in [-0.05, 0) is 25.5 Å². The number of benzene rings is 1. The zero-order valence-corrected chi connectivity index (χ0v) is 16.4. The molecule has 0 atom stereocenters. The third-order valence-electron chi connectivity index (χ3n) is 4.84. The number of anilines is 2. The van der Waals surface area contributed by atoms with Gasteiger partial charge >= 0.3 is 0 Å². The second-order valence-electron chi connectivity index (χ2n) is 6.71. The summed E-state index contributed by atoms with van der Waals surface area (Å²) in [6, 6.07) is 7.46. The predicted molar refractivity (Wildman–Crippen MR) is 109 cm³/mol. The van der Waals surface area contributed by atoms with Crippen molar-refractivity contribution in [1.82, 2.24) is 9.38 Å². The van der Waals surface area contributed by atoms with Gasteiger partial charge in [-0.15, -0.1) is 0 Å². The number of ether oxygens (including phenoxy) is 2. The number of likely N-dealkylation sites (N-methyl/N-ethyl adjacent to an activating group) is 1. The van der Waals surface area contributed by atoms with E-state index >= 15 is 0 Å². The Labute approximate surface area is 163 Å². The summed E-state index contributed by atoms with van der Waals surface area (Å²) >= 11 is 0. The molecule has 4 rings (SSSR count). The normalized spacial score (nSPS) is 13.2. The third kappa shape index (κ3) is 3.24. The van der Waals surface area contributed by atoms with E-state index < -0.39 is 0 Å². The van der Waals surface area contributed by atoms with Crippen molar-refractivity contribution in [1.29, 1.82) is 0 Å². The highest BCUT2D eigenvalue weighted by Crippen LogP contribution is 2.35. The van der Waals surface area contributed by atoms with E-state index in [0.29, 0.717) is 36.0 Å². The highest BCUT2D eigenvalue weighted by atomic mass is 16.5. The maximum atomic E-state index is 13.1. The molecular formula is C21H24N4O3. The number of rotatable bonds is 5. The molecule has 7 nitrogen and oxygen atoms in total. The maximum Gasteiger partial charge on any atom is 0.259 e. The molecule has 0 aliphatic carbocycles. The molecule has 0 fully saturated rings. The summed E-state index contributed by atoms with van der Waals surface area (Å²) < 4.78 is 13.5. The molecule has 3 aromatic rings. The fourth-order valence-corrected chi connectivity index (χ4v) is 3.36. The van der Waals surface area contributed by atoms with Crippen molar-refractivity contribution in [2.24, 2.45) is 0 Å². The summed E-state index contributed by atoms with van der Waals surface area (Å²) in [5.41, 5.74) is 3.80. The van der Waals surface area contributed by atoms with Crippen LogP contribution in [-0.4, -0.2) is 42.1 Å². The van der Waals surface area contributed by atoms with Crippen LogP contribution in [0.4, 0.5) is 11.4 Å². The number of hydrogen-bond acceptors (Lipinski definition) is 5. The molecule has 1 amide bonds. The number of para-hydroxylation sites is 1. The van der Waals surface area contributed by atoms with Crippen LogP contribution in [0.25, 0.3) is 5.65 Å². The van der Waals surface area contributed by atoms with E-state index in [4.69, 9.17) is 9.47 Å². The summed E-state index contributed by atoms with van der Waals surface area (Å²) in [6.45, 7) is 5.82. The molecule has 7 heteroatoms. The summed E-state index contributed by atoms with van der Waals surface area (Å²) in [5.74, 6) is 0.978. The van der Waals surface area contributed by atoms with Crippen molar-refractivity contribution < 1.29 is 14.3 Å².